The summed E-state index contributed by atoms with van der Waals surface area (Å²) in [4.78, 5) is 110. The molecular formula is C73H86Cl4F14N24O4. The van der Waals surface area contributed by atoms with Gasteiger partial charge in [0.15, 0.2) is 46.6 Å². The zero-order chi connectivity index (χ0) is 86.4. The van der Waals surface area contributed by atoms with E-state index < -0.39 is 110 Å². The highest BCUT2D eigenvalue weighted by molar-refractivity contribution is 6.32. The lowest BCUT2D eigenvalue weighted by Crippen LogP contribution is -2.51. The number of halogens is 18. The largest absolute Gasteiger partial charge is 0.405 e. The minimum Gasteiger partial charge on any atom is -0.358 e. The molecule has 28 nitrogen and oxygen atoms in total. The molecule has 10 N–H and O–H groups in total. The summed E-state index contributed by atoms with van der Waals surface area (Å²) in [7, 11) is 1.76. The summed E-state index contributed by atoms with van der Waals surface area (Å²) in [6.07, 6.45) is 2.06. The van der Waals surface area contributed by atoms with E-state index in [2.05, 4.69) is 90.7 Å². The van der Waals surface area contributed by atoms with Gasteiger partial charge in [0.05, 0.1) is 32.5 Å². The molecule has 4 amide bonds. The molecule has 12 aromatic rings. The van der Waals surface area contributed by atoms with Gasteiger partial charge in [0.25, 0.3) is 0 Å². The molecule has 0 saturated carbocycles. The van der Waals surface area contributed by atoms with Crippen LogP contribution in [0.4, 0.5) is 84.7 Å². The van der Waals surface area contributed by atoms with Crippen LogP contribution in [0.1, 0.15) is 77.6 Å². The predicted molar refractivity (Wildman–Crippen MR) is 433 cm³/mol. The molecule has 1 saturated heterocycles. The number of amides is 4. The lowest BCUT2D eigenvalue weighted by molar-refractivity contribution is -0.139. The topological polar surface area (TPSA) is 363 Å². The fourth-order valence-electron chi connectivity index (χ4n) is 11.9. The summed E-state index contributed by atoms with van der Waals surface area (Å²) in [5.74, 6) is -3.80. The highest BCUT2D eigenvalue weighted by Gasteiger charge is 2.36. The molecule has 0 aliphatic carbocycles. The van der Waals surface area contributed by atoms with Gasteiger partial charge >= 0.3 is 24.7 Å². The van der Waals surface area contributed by atoms with Crippen LogP contribution in [0.15, 0.2) is 111 Å². The maximum Gasteiger partial charge on any atom is 0.405 e. The maximum atomic E-state index is 14.5. The zero-order valence-corrected chi connectivity index (χ0v) is 65.8. The van der Waals surface area contributed by atoms with Crippen molar-refractivity contribution in [3.8, 4) is 45.6 Å². The number of carbonyl (C=O) groups is 4. The summed E-state index contributed by atoms with van der Waals surface area (Å²) < 4.78 is 179. The van der Waals surface area contributed by atoms with Gasteiger partial charge in [-0.25, -0.2) is 68.6 Å². The Morgan fingerprint density at radius 1 is 0.496 bits per heavy atom. The minimum absolute atomic E-state index is 0. The quantitative estimate of drug-likeness (QED) is 0.0266. The van der Waals surface area contributed by atoms with E-state index in [-0.39, 0.29) is 59.9 Å². The van der Waals surface area contributed by atoms with Crippen LogP contribution in [-0.2, 0) is 26.2 Å². The molecule has 0 spiro atoms. The molecular weight excluding hydrogens is 1680 g/mol. The summed E-state index contributed by atoms with van der Waals surface area (Å²) in [5, 5.41) is 19.9. The van der Waals surface area contributed by atoms with Crippen molar-refractivity contribution in [1.82, 2.24) is 101 Å². The van der Waals surface area contributed by atoms with Crippen LogP contribution in [0.25, 0.3) is 89.7 Å². The summed E-state index contributed by atoms with van der Waals surface area (Å²) in [6.45, 7) is 1.64. The first-order valence-electron chi connectivity index (χ1n) is 35.9. The van der Waals surface area contributed by atoms with Gasteiger partial charge in [-0.1, -0.05) is 74.1 Å². The van der Waals surface area contributed by atoms with Crippen LogP contribution >= 0.6 is 46.4 Å². The number of pyridine rings is 4. The molecule has 0 bridgehead atoms. The fraction of sp³-hybridized carbons (Fsp3) is 0.342. The van der Waals surface area contributed by atoms with Gasteiger partial charge < -0.3 is 61.6 Å². The standard InChI is InChI=1S/C20H21ClF4N6O.C19H18ClF3N6O.C17H15ClF4N6O.C17H16ClF3N6O.8H2/c1-10(2)4-15(19(32)28-9-20(23,24)25)29-17-14(22)7-26-16(30-17)13-8-31(3)18-12(13)5-11(21)6-27-18;20-11-7-12-13(9-26-16(12)25-8-11)17-24-5-4-15(28-17)29-6-2-1-3-14(29)18(30)27-10-19(21,22)23;1-2-12(16(29)26-7-17(20,21)22)27-15-11(19)6-25-14(28-15)10-5-24-13-9(10)3-8(18)4-23-13;1-2-12(16(28)25-8-17(19,20)21)26-13-3-4-22-15(27-13)11-7-24-14-10(11)5-9(18)6-23-14;;;;;;;;/h5-8,10,15H,4,9H2,1-3H3,(H,28,32)(H,26,29,30);4-5,7-9,14H,1-3,6,10H2,(H,25,26)(H,27,30);3-6,12H,2,7H2,1H3,(H,23,24)(H,26,29)(H,25,27,28);3-7,12H,2,8H2,1H3,(H,23,24)(H,25,28)(H,22,26,27);8*1H/t15-;14-;2*12-;;;;;;;;/m1111......../s1. The third kappa shape index (κ3) is 24.7. The number of aromatic amines is 3. The van der Waals surface area contributed by atoms with E-state index in [4.69, 9.17) is 46.4 Å². The van der Waals surface area contributed by atoms with Crippen LogP contribution in [0.3, 0.4) is 0 Å². The van der Waals surface area contributed by atoms with Gasteiger partial charge in [-0.3, -0.25) is 19.2 Å². The predicted octanol–water partition coefficient (Wildman–Crippen LogP) is 17.2. The fourth-order valence-corrected chi connectivity index (χ4v) is 12.6. The molecule has 1 fully saturated rings. The number of nitrogens with zero attached hydrogens (tertiary/aromatic N) is 14. The Hall–Kier alpha value is -11.7. The van der Waals surface area contributed by atoms with Crippen LogP contribution in [-0.4, -0.2) is 185 Å². The second-order valence-corrected chi connectivity index (χ2v) is 28.5. The number of H-pyrrole nitrogens is 3. The van der Waals surface area contributed by atoms with Gasteiger partial charge in [-0.15, -0.1) is 0 Å². The van der Waals surface area contributed by atoms with Crippen molar-refractivity contribution in [1.29, 1.82) is 0 Å². The first-order valence-corrected chi connectivity index (χ1v) is 37.4. The van der Waals surface area contributed by atoms with Crippen LogP contribution < -0.4 is 42.1 Å². The normalized spacial score (nSPS) is 13.9. The molecule has 1 aliphatic heterocycles. The summed E-state index contributed by atoms with van der Waals surface area (Å²) >= 11 is 24.1. The van der Waals surface area contributed by atoms with Gasteiger partial charge in [-0.05, 0) is 80.8 Å². The number of nitrogens with one attached hydrogen (secondary N) is 10. The molecule has 0 aromatic carbocycles. The molecule has 13 heterocycles. The Balaban J connectivity index is 0.000000562. The first kappa shape index (κ1) is 89.7. The average molecular weight is 1770 g/mol. The monoisotopic (exact) mass is 1770 g/mol. The average Bonchev–Trinajstić information content (AvgIpc) is 1.63. The van der Waals surface area contributed by atoms with Gasteiger partial charge in [-0.2, -0.15) is 52.7 Å². The SMILES string of the molecule is CC(C)C[C@@H](Nc1nc(-c2cn(C)c3ncc(Cl)cc23)ncc1F)C(=O)NCC(F)(F)F.CC[C@@H](Nc1ccnc(-c2c[nH]c3ncc(Cl)cc23)n1)C(=O)NCC(F)(F)F.CC[C@@H](Nc1nc(-c2c[nH]c3ncc(Cl)cc23)ncc1F)C(=O)NCC(F)(F)F.O=C(NCC(F)(F)F)[C@H]1CCCCN1c1ccnc(-c2c[nH]c3ncc(Cl)cc23)n1.[HH].[HH].[HH].[HH].[HH].[HH].[HH].[HH]. The van der Waals surface area contributed by atoms with Crippen molar-refractivity contribution in [2.45, 2.75) is 115 Å². The molecule has 0 unspecified atom stereocenters. The van der Waals surface area contributed by atoms with E-state index in [9.17, 15) is 80.6 Å². The molecule has 119 heavy (non-hydrogen) atoms. The third-order valence-corrected chi connectivity index (χ3v) is 18.2. The highest BCUT2D eigenvalue weighted by Crippen LogP contribution is 2.35. The third-order valence-electron chi connectivity index (χ3n) is 17.4. The van der Waals surface area contributed by atoms with Crippen molar-refractivity contribution < 1.29 is 92.1 Å². The second-order valence-electron chi connectivity index (χ2n) is 26.8. The Kier molecular flexibility index (Phi) is 29.3. The van der Waals surface area contributed by atoms with E-state index in [1.165, 1.54) is 37.1 Å². The Morgan fingerprint density at radius 3 is 1.36 bits per heavy atom. The number of carbonyl (C=O) groups excluding carboxylic acids is 4. The van der Waals surface area contributed by atoms with Crippen molar-refractivity contribution in [2.24, 2.45) is 13.0 Å². The minimum atomic E-state index is -4.56. The number of hydrogen-bond acceptors (Lipinski definition) is 20. The number of alkyl halides is 12. The Morgan fingerprint density at radius 2 is 0.899 bits per heavy atom. The lowest BCUT2D eigenvalue weighted by atomic mass is 10.0. The van der Waals surface area contributed by atoms with Crippen molar-refractivity contribution in [3.63, 3.8) is 0 Å². The zero-order valence-electron chi connectivity index (χ0n) is 62.8. The maximum absolute atomic E-state index is 14.5. The van der Waals surface area contributed by atoms with Crippen molar-refractivity contribution in [2.75, 3.05) is 53.6 Å². The first-order chi connectivity index (χ1) is 56.2. The Labute approximate surface area is 696 Å². The molecule has 4 atom stereocenters. The van der Waals surface area contributed by atoms with Crippen molar-refractivity contribution in [3.05, 3.63) is 142 Å². The Bertz CT molecular complexity index is 5620. The van der Waals surface area contributed by atoms with Gasteiger partial charge in [0.2, 0.25) is 23.6 Å². The van der Waals surface area contributed by atoms with E-state index in [1.807, 2.05) is 16.0 Å². The van der Waals surface area contributed by atoms with E-state index in [1.54, 1.807) is 111 Å². The molecule has 648 valence electrons. The van der Waals surface area contributed by atoms with E-state index >= 15 is 0 Å². The van der Waals surface area contributed by atoms with E-state index in [0.29, 0.717) is 112 Å². The number of anilines is 4. The van der Waals surface area contributed by atoms with E-state index in [0.717, 1.165) is 36.0 Å². The summed E-state index contributed by atoms with van der Waals surface area (Å²) in [5.41, 5.74) is 4.74. The molecule has 0 radical (unpaired) electrons. The van der Waals surface area contributed by atoms with Gasteiger partial charge in [0, 0.05) is 131 Å². The lowest BCUT2D eigenvalue weighted by Gasteiger charge is -2.35. The van der Waals surface area contributed by atoms with Crippen LogP contribution in [0, 0.1) is 17.6 Å². The number of aryl methyl sites for hydroxylation is 1. The number of fused-ring (bicyclic) bond motifs is 4. The smallest absolute Gasteiger partial charge is 0.358 e. The molecule has 46 heteroatoms. The number of hydrogen-bond donors (Lipinski definition) is 10. The second kappa shape index (κ2) is 38.8. The van der Waals surface area contributed by atoms with Gasteiger partial charge in [0.1, 0.15) is 84.6 Å². The highest BCUT2D eigenvalue weighted by atomic mass is 35.5. The molecule has 13 rings (SSSR count). The van der Waals surface area contributed by atoms with Crippen molar-refractivity contribution >= 4 is 137 Å². The molecule has 12 aromatic heterocycles. The van der Waals surface area contributed by atoms with Crippen LogP contribution in [0.5, 0.6) is 0 Å². The molecule has 1 aliphatic rings. The summed E-state index contributed by atoms with van der Waals surface area (Å²) in [6, 6.07) is 6.13. The number of piperidine rings is 1. The van der Waals surface area contributed by atoms with Crippen LogP contribution in [0.2, 0.25) is 20.1 Å². The number of aromatic nitrogens is 16. The number of rotatable bonds is 23.